The maximum atomic E-state index is 13.0. The van der Waals surface area contributed by atoms with Crippen molar-refractivity contribution in [3.8, 4) is 5.75 Å². The lowest BCUT2D eigenvalue weighted by Gasteiger charge is -2.37. The zero-order chi connectivity index (χ0) is 18.6. The van der Waals surface area contributed by atoms with E-state index in [2.05, 4.69) is 12.1 Å². The van der Waals surface area contributed by atoms with Crippen molar-refractivity contribution in [2.75, 3.05) is 13.2 Å². The quantitative estimate of drug-likeness (QED) is 0.647. The second-order valence-electron chi connectivity index (χ2n) is 6.59. The van der Waals surface area contributed by atoms with E-state index >= 15 is 0 Å². The van der Waals surface area contributed by atoms with E-state index in [1.165, 1.54) is 11.1 Å². The van der Waals surface area contributed by atoms with Crippen molar-refractivity contribution < 1.29 is 9.53 Å². The number of halogens is 1. The Morgan fingerprint density at radius 2 is 1.67 bits per heavy atom. The number of ether oxygens (including phenoxy) is 1. The molecule has 1 unspecified atom stereocenters. The van der Waals surface area contributed by atoms with Crippen LogP contribution in [-0.2, 0) is 11.2 Å². The monoisotopic (exact) mass is 377 g/mol. The van der Waals surface area contributed by atoms with Gasteiger partial charge in [0.25, 0.3) is 5.91 Å². The van der Waals surface area contributed by atoms with Crippen LogP contribution in [0, 0.1) is 0 Å². The standard InChI is InChI=1S/C23H20ClNO2/c24-19-12-10-18(11-13-19)23-21-9-5-4-6-17(21)14-15-25(23)22(26)16-27-20-7-2-1-3-8-20/h1-13,23H,14-16H2. The zero-order valence-electron chi connectivity index (χ0n) is 14.8. The number of rotatable bonds is 4. The van der Waals surface area contributed by atoms with Crippen LogP contribution in [0.4, 0.5) is 0 Å². The lowest BCUT2D eigenvalue weighted by molar-refractivity contribution is -0.135. The topological polar surface area (TPSA) is 29.5 Å². The Bertz CT molecular complexity index is 925. The van der Waals surface area contributed by atoms with Crippen LogP contribution in [0.2, 0.25) is 5.02 Å². The van der Waals surface area contributed by atoms with Crippen molar-refractivity contribution in [3.63, 3.8) is 0 Å². The molecule has 4 heteroatoms. The number of para-hydroxylation sites is 1. The Hall–Kier alpha value is -2.78. The van der Waals surface area contributed by atoms with E-state index in [1.807, 2.05) is 71.6 Å². The highest BCUT2D eigenvalue weighted by Crippen LogP contribution is 2.35. The van der Waals surface area contributed by atoms with E-state index in [4.69, 9.17) is 16.3 Å². The van der Waals surface area contributed by atoms with Gasteiger partial charge in [-0.05, 0) is 47.4 Å². The van der Waals surface area contributed by atoms with Gasteiger partial charge in [-0.25, -0.2) is 0 Å². The smallest absolute Gasteiger partial charge is 0.261 e. The Morgan fingerprint density at radius 1 is 0.963 bits per heavy atom. The van der Waals surface area contributed by atoms with E-state index < -0.39 is 0 Å². The molecule has 1 atom stereocenters. The van der Waals surface area contributed by atoms with Crippen molar-refractivity contribution in [3.05, 3.63) is 101 Å². The van der Waals surface area contributed by atoms with Crippen LogP contribution in [0.15, 0.2) is 78.9 Å². The lowest BCUT2D eigenvalue weighted by Crippen LogP contribution is -2.42. The van der Waals surface area contributed by atoms with Gasteiger partial charge in [0.15, 0.2) is 6.61 Å². The van der Waals surface area contributed by atoms with Crippen LogP contribution in [-0.4, -0.2) is 24.0 Å². The summed E-state index contributed by atoms with van der Waals surface area (Å²) in [7, 11) is 0. The fourth-order valence-corrected chi connectivity index (χ4v) is 3.71. The first-order chi connectivity index (χ1) is 13.2. The minimum atomic E-state index is -0.126. The Kier molecular flexibility index (Phi) is 5.12. The molecule has 3 aromatic carbocycles. The molecule has 0 aromatic heterocycles. The normalized spacial score (nSPS) is 15.9. The highest BCUT2D eigenvalue weighted by atomic mass is 35.5. The molecule has 3 nitrogen and oxygen atoms in total. The first-order valence-corrected chi connectivity index (χ1v) is 9.41. The number of amides is 1. The molecule has 0 saturated heterocycles. The number of hydrogen-bond donors (Lipinski definition) is 0. The first kappa shape index (κ1) is 17.6. The van der Waals surface area contributed by atoms with Crippen LogP contribution in [0.3, 0.4) is 0 Å². The summed E-state index contributed by atoms with van der Waals surface area (Å²) < 4.78 is 5.70. The van der Waals surface area contributed by atoms with E-state index in [0.29, 0.717) is 17.3 Å². The number of carbonyl (C=O) groups is 1. The van der Waals surface area contributed by atoms with Gasteiger partial charge in [0.05, 0.1) is 6.04 Å². The van der Waals surface area contributed by atoms with Gasteiger partial charge < -0.3 is 9.64 Å². The molecule has 0 radical (unpaired) electrons. The van der Waals surface area contributed by atoms with Crippen molar-refractivity contribution in [1.29, 1.82) is 0 Å². The second kappa shape index (κ2) is 7.85. The van der Waals surface area contributed by atoms with Crippen molar-refractivity contribution in [2.45, 2.75) is 12.5 Å². The summed E-state index contributed by atoms with van der Waals surface area (Å²) in [6.45, 7) is 0.692. The fraction of sp³-hybridized carbons (Fsp3) is 0.174. The van der Waals surface area contributed by atoms with E-state index in [-0.39, 0.29) is 18.6 Å². The highest BCUT2D eigenvalue weighted by Gasteiger charge is 2.31. The van der Waals surface area contributed by atoms with Gasteiger partial charge >= 0.3 is 0 Å². The number of carbonyl (C=O) groups excluding carboxylic acids is 1. The average Bonchev–Trinajstić information content (AvgIpc) is 2.72. The summed E-state index contributed by atoms with van der Waals surface area (Å²) in [4.78, 5) is 14.9. The summed E-state index contributed by atoms with van der Waals surface area (Å²) in [5.74, 6) is 0.680. The molecule has 0 N–H and O–H groups in total. The molecule has 0 bridgehead atoms. The second-order valence-corrected chi connectivity index (χ2v) is 7.03. The van der Waals surface area contributed by atoms with Gasteiger partial charge in [-0.15, -0.1) is 0 Å². The number of benzene rings is 3. The summed E-state index contributed by atoms with van der Waals surface area (Å²) >= 11 is 6.07. The molecule has 1 amide bonds. The minimum Gasteiger partial charge on any atom is -0.484 e. The zero-order valence-corrected chi connectivity index (χ0v) is 15.6. The number of hydrogen-bond acceptors (Lipinski definition) is 2. The van der Waals surface area contributed by atoms with E-state index in [9.17, 15) is 4.79 Å². The van der Waals surface area contributed by atoms with Crippen molar-refractivity contribution >= 4 is 17.5 Å². The molecule has 1 aliphatic rings. The lowest BCUT2D eigenvalue weighted by atomic mass is 9.88. The highest BCUT2D eigenvalue weighted by molar-refractivity contribution is 6.30. The summed E-state index contributed by atoms with van der Waals surface area (Å²) in [6, 6.07) is 25.4. The van der Waals surface area contributed by atoms with Crippen LogP contribution in [0.25, 0.3) is 0 Å². The predicted molar refractivity (Wildman–Crippen MR) is 107 cm³/mol. The molecule has 0 saturated carbocycles. The Balaban J connectivity index is 1.62. The number of fused-ring (bicyclic) bond motifs is 1. The SMILES string of the molecule is O=C(COc1ccccc1)N1CCc2ccccc2C1c1ccc(Cl)cc1. The summed E-state index contributed by atoms with van der Waals surface area (Å²) in [5, 5.41) is 0.688. The maximum absolute atomic E-state index is 13.0. The predicted octanol–water partition coefficient (Wildman–Crippen LogP) is 4.89. The van der Waals surface area contributed by atoms with Crippen LogP contribution in [0.1, 0.15) is 22.7 Å². The van der Waals surface area contributed by atoms with Crippen LogP contribution in [0.5, 0.6) is 5.75 Å². The molecular weight excluding hydrogens is 358 g/mol. The average molecular weight is 378 g/mol. The van der Waals surface area contributed by atoms with Gasteiger partial charge in [-0.3, -0.25) is 4.79 Å². The molecule has 4 rings (SSSR count). The molecule has 1 aliphatic heterocycles. The van der Waals surface area contributed by atoms with Gasteiger partial charge in [0, 0.05) is 11.6 Å². The molecule has 3 aromatic rings. The summed E-state index contributed by atoms with van der Waals surface area (Å²) in [5.41, 5.74) is 3.50. The Morgan fingerprint density at radius 3 is 2.44 bits per heavy atom. The third-order valence-electron chi connectivity index (χ3n) is 4.90. The molecule has 1 heterocycles. The largest absolute Gasteiger partial charge is 0.484 e. The maximum Gasteiger partial charge on any atom is 0.261 e. The Labute approximate surface area is 164 Å². The number of nitrogens with zero attached hydrogens (tertiary/aromatic N) is 1. The fourth-order valence-electron chi connectivity index (χ4n) is 3.58. The molecule has 0 spiro atoms. The van der Waals surface area contributed by atoms with E-state index in [0.717, 1.165) is 12.0 Å². The van der Waals surface area contributed by atoms with Gasteiger partial charge in [0.2, 0.25) is 0 Å². The van der Waals surface area contributed by atoms with Crippen molar-refractivity contribution in [2.24, 2.45) is 0 Å². The molecule has 0 aliphatic carbocycles. The first-order valence-electron chi connectivity index (χ1n) is 9.03. The third-order valence-corrected chi connectivity index (χ3v) is 5.15. The molecular formula is C23H20ClNO2. The van der Waals surface area contributed by atoms with Crippen LogP contribution < -0.4 is 4.74 Å². The third kappa shape index (κ3) is 3.83. The van der Waals surface area contributed by atoms with Gasteiger partial charge in [0.1, 0.15) is 5.75 Å². The molecule has 0 fully saturated rings. The van der Waals surface area contributed by atoms with E-state index in [1.54, 1.807) is 0 Å². The van der Waals surface area contributed by atoms with Crippen LogP contribution >= 0.6 is 11.6 Å². The van der Waals surface area contributed by atoms with Gasteiger partial charge in [-0.1, -0.05) is 66.2 Å². The minimum absolute atomic E-state index is 0.0201. The molecule has 27 heavy (non-hydrogen) atoms. The molecule has 136 valence electrons. The van der Waals surface area contributed by atoms with Crippen molar-refractivity contribution in [1.82, 2.24) is 4.90 Å². The summed E-state index contributed by atoms with van der Waals surface area (Å²) in [6.07, 6.45) is 0.845. The van der Waals surface area contributed by atoms with Gasteiger partial charge in [-0.2, -0.15) is 0 Å².